The molecule has 1 aromatic heterocycles. The molecule has 150 valence electrons. The van der Waals surface area contributed by atoms with Gasteiger partial charge in [-0.3, -0.25) is 0 Å². The smallest absolute Gasteiger partial charge is 0.162 e. The van der Waals surface area contributed by atoms with E-state index >= 15 is 0 Å². The zero-order chi connectivity index (χ0) is 20.7. The maximum absolute atomic E-state index is 5.09. The second-order valence-electron chi connectivity index (χ2n) is 8.47. The molecule has 0 fully saturated rings. The van der Waals surface area contributed by atoms with Crippen LogP contribution in [0.5, 0.6) is 0 Å². The highest BCUT2D eigenvalue weighted by Crippen LogP contribution is 2.43. The first kappa shape index (κ1) is 19.4. The van der Waals surface area contributed by atoms with Crippen molar-refractivity contribution in [1.82, 2.24) is 9.97 Å². The number of hydrogen-bond donors (Lipinski definition) is 0. The van der Waals surface area contributed by atoms with Crippen molar-refractivity contribution in [3.8, 4) is 11.4 Å². The van der Waals surface area contributed by atoms with Gasteiger partial charge in [-0.2, -0.15) is 0 Å². The van der Waals surface area contributed by atoms with Gasteiger partial charge >= 0.3 is 0 Å². The van der Waals surface area contributed by atoms with Crippen molar-refractivity contribution in [2.45, 2.75) is 52.6 Å². The van der Waals surface area contributed by atoms with Gasteiger partial charge in [-0.15, -0.1) is 0 Å². The fourth-order valence-electron chi connectivity index (χ4n) is 4.22. The molecular weight excluding hydrogens is 356 g/mol. The molecule has 0 N–H and O–H groups in total. The molecule has 0 spiro atoms. The SMILES string of the molecule is CC(C)c1cccc(C(C)C)c1-c1ncc2c(n1)N(C)C(C)N2c1ccccc1. The van der Waals surface area contributed by atoms with E-state index in [2.05, 4.69) is 93.9 Å². The standard InChI is InChI=1S/C25H30N4/c1-16(2)20-13-10-14-21(17(3)4)23(20)24-26-15-22-25(27-24)28(6)18(5)29(22)19-11-8-7-9-12-19/h7-18H,1-6H3. The second-order valence-corrected chi connectivity index (χ2v) is 8.47. The Hall–Kier alpha value is -2.88. The van der Waals surface area contributed by atoms with Crippen LogP contribution in [0, 0.1) is 0 Å². The first-order valence-corrected chi connectivity index (χ1v) is 10.5. The fraction of sp³-hybridized carbons (Fsp3) is 0.360. The molecule has 4 heteroatoms. The van der Waals surface area contributed by atoms with Crippen molar-refractivity contribution in [2.75, 3.05) is 16.8 Å². The summed E-state index contributed by atoms with van der Waals surface area (Å²) in [6.45, 7) is 11.2. The number of benzene rings is 2. The number of aromatic nitrogens is 2. The third kappa shape index (κ3) is 3.27. The molecule has 0 bridgehead atoms. The van der Waals surface area contributed by atoms with Crippen molar-refractivity contribution in [3.63, 3.8) is 0 Å². The second kappa shape index (κ2) is 7.51. The molecule has 0 amide bonds. The minimum atomic E-state index is 0.182. The first-order chi connectivity index (χ1) is 13.9. The minimum Gasteiger partial charge on any atom is -0.337 e. The van der Waals surface area contributed by atoms with E-state index in [1.165, 1.54) is 16.7 Å². The molecule has 4 nitrogen and oxygen atoms in total. The number of rotatable bonds is 4. The molecule has 29 heavy (non-hydrogen) atoms. The lowest BCUT2D eigenvalue weighted by molar-refractivity contribution is 0.729. The van der Waals surface area contributed by atoms with E-state index in [-0.39, 0.29) is 6.17 Å². The van der Waals surface area contributed by atoms with Crippen molar-refractivity contribution in [1.29, 1.82) is 0 Å². The zero-order valence-corrected chi connectivity index (χ0v) is 18.2. The molecule has 0 saturated heterocycles. The van der Waals surface area contributed by atoms with Crippen LogP contribution in [-0.2, 0) is 0 Å². The van der Waals surface area contributed by atoms with Gasteiger partial charge in [0.15, 0.2) is 11.6 Å². The van der Waals surface area contributed by atoms with E-state index in [0.29, 0.717) is 11.8 Å². The van der Waals surface area contributed by atoms with Gasteiger partial charge in [-0.1, -0.05) is 64.1 Å². The van der Waals surface area contributed by atoms with Crippen molar-refractivity contribution >= 4 is 17.2 Å². The molecule has 2 aromatic carbocycles. The predicted octanol–water partition coefficient (Wildman–Crippen LogP) is 6.32. The molecular formula is C25H30N4. The summed E-state index contributed by atoms with van der Waals surface area (Å²) in [5.74, 6) is 2.64. The van der Waals surface area contributed by atoms with Gasteiger partial charge in [0.25, 0.3) is 0 Å². The zero-order valence-electron chi connectivity index (χ0n) is 18.2. The Morgan fingerprint density at radius 1 is 0.862 bits per heavy atom. The van der Waals surface area contributed by atoms with Crippen LogP contribution in [0.4, 0.5) is 17.2 Å². The van der Waals surface area contributed by atoms with Gasteiger partial charge in [0.1, 0.15) is 11.9 Å². The number of fused-ring (bicyclic) bond motifs is 1. The molecule has 1 atom stereocenters. The lowest BCUT2D eigenvalue weighted by Gasteiger charge is -2.26. The highest BCUT2D eigenvalue weighted by Gasteiger charge is 2.34. The third-order valence-electron chi connectivity index (χ3n) is 5.91. The third-order valence-corrected chi connectivity index (χ3v) is 5.91. The van der Waals surface area contributed by atoms with Crippen LogP contribution in [0.1, 0.15) is 57.6 Å². The summed E-state index contributed by atoms with van der Waals surface area (Å²) in [6, 6.07) is 17.1. The van der Waals surface area contributed by atoms with Crippen LogP contribution in [-0.4, -0.2) is 23.2 Å². The van der Waals surface area contributed by atoms with Crippen molar-refractivity contribution in [2.24, 2.45) is 0 Å². The van der Waals surface area contributed by atoms with E-state index in [4.69, 9.17) is 9.97 Å². The van der Waals surface area contributed by atoms with E-state index < -0.39 is 0 Å². The molecule has 2 heterocycles. The van der Waals surface area contributed by atoms with Gasteiger partial charge in [0.05, 0.1) is 6.20 Å². The fourth-order valence-corrected chi connectivity index (χ4v) is 4.22. The number of hydrogen-bond acceptors (Lipinski definition) is 4. The number of nitrogens with zero attached hydrogens (tertiary/aromatic N) is 4. The normalized spacial score (nSPS) is 16.1. The summed E-state index contributed by atoms with van der Waals surface area (Å²) in [7, 11) is 2.11. The first-order valence-electron chi connectivity index (χ1n) is 10.5. The molecule has 0 radical (unpaired) electrons. The van der Waals surface area contributed by atoms with Gasteiger partial charge in [0.2, 0.25) is 0 Å². The number of anilines is 3. The van der Waals surface area contributed by atoms with Crippen LogP contribution in [0.2, 0.25) is 0 Å². The highest BCUT2D eigenvalue weighted by atomic mass is 15.4. The van der Waals surface area contributed by atoms with Gasteiger partial charge in [-0.05, 0) is 42.0 Å². The Labute approximate surface area is 174 Å². The minimum absolute atomic E-state index is 0.182. The lowest BCUT2D eigenvalue weighted by atomic mass is 9.88. The molecule has 0 saturated carbocycles. The summed E-state index contributed by atoms with van der Waals surface area (Å²) in [5.41, 5.74) is 6.03. The molecule has 1 aliphatic rings. The summed E-state index contributed by atoms with van der Waals surface area (Å²) in [6.07, 6.45) is 2.17. The maximum Gasteiger partial charge on any atom is 0.162 e. The van der Waals surface area contributed by atoms with Crippen LogP contribution in [0.15, 0.2) is 54.7 Å². The molecule has 4 rings (SSSR count). The summed E-state index contributed by atoms with van der Waals surface area (Å²) in [5, 5.41) is 0. The monoisotopic (exact) mass is 386 g/mol. The Morgan fingerprint density at radius 2 is 1.48 bits per heavy atom. The Bertz CT molecular complexity index is 984. The summed E-state index contributed by atoms with van der Waals surface area (Å²) < 4.78 is 0. The molecule has 0 aliphatic carbocycles. The molecule has 1 unspecified atom stereocenters. The van der Waals surface area contributed by atoms with Gasteiger partial charge in [-0.25, -0.2) is 9.97 Å². The maximum atomic E-state index is 5.09. The highest BCUT2D eigenvalue weighted by molar-refractivity contribution is 5.82. The Balaban J connectivity index is 1.88. The summed E-state index contributed by atoms with van der Waals surface area (Å²) >= 11 is 0. The van der Waals surface area contributed by atoms with Crippen molar-refractivity contribution in [3.05, 3.63) is 65.9 Å². The predicted molar refractivity (Wildman–Crippen MR) is 122 cm³/mol. The topological polar surface area (TPSA) is 32.3 Å². The number of para-hydroxylation sites is 1. The average molecular weight is 387 g/mol. The quantitative estimate of drug-likeness (QED) is 0.525. The van der Waals surface area contributed by atoms with Crippen LogP contribution < -0.4 is 9.80 Å². The van der Waals surface area contributed by atoms with E-state index in [1.54, 1.807) is 0 Å². The van der Waals surface area contributed by atoms with Crippen LogP contribution in [0.25, 0.3) is 11.4 Å². The average Bonchev–Trinajstić information content (AvgIpc) is 2.98. The molecule has 1 aliphatic heterocycles. The van der Waals surface area contributed by atoms with Crippen molar-refractivity contribution < 1.29 is 0 Å². The Morgan fingerprint density at radius 3 is 2.07 bits per heavy atom. The Kier molecular flexibility index (Phi) is 5.03. The molecule has 3 aromatic rings. The van der Waals surface area contributed by atoms with Gasteiger partial charge in [0, 0.05) is 18.3 Å². The van der Waals surface area contributed by atoms with Crippen LogP contribution >= 0.6 is 0 Å². The largest absolute Gasteiger partial charge is 0.337 e. The lowest BCUT2D eigenvalue weighted by Crippen LogP contribution is -2.35. The summed E-state index contributed by atoms with van der Waals surface area (Å²) in [4.78, 5) is 14.5. The van der Waals surface area contributed by atoms with E-state index in [9.17, 15) is 0 Å². The van der Waals surface area contributed by atoms with E-state index in [0.717, 1.165) is 23.0 Å². The van der Waals surface area contributed by atoms with Crippen LogP contribution in [0.3, 0.4) is 0 Å². The van der Waals surface area contributed by atoms with Gasteiger partial charge < -0.3 is 9.80 Å². The van der Waals surface area contributed by atoms with E-state index in [1.807, 2.05) is 12.3 Å².